The van der Waals surface area contributed by atoms with Gasteiger partial charge in [0, 0.05) is 5.56 Å². The second kappa shape index (κ2) is 6.06. The Bertz CT molecular complexity index is 737. The number of benzene rings is 1. The van der Waals surface area contributed by atoms with Crippen molar-refractivity contribution in [2.24, 2.45) is 0 Å². The molecule has 0 spiro atoms. The second-order valence-corrected chi connectivity index (χ2v) is 5.56. The van der Waals surface area contributed by atoms with Gasteiger partial charge in [-0.3, -0.25) is 14.4 Å². The minimum absolute atomic E-state index is 0.0743. The number of hydrogen-bond acceptors (Lipinski definition) is 5. The molecule has 0 saturated heterocycles. The van der Waals surface area contributed by atoms with Crippen LogP contribution in [0.5, 0.6) is 0 Å². The monoisotopic (exact) mass is 310 g/mol. The molecule has 2 rings (SSSR count). The Morgan fingerprint density at radius 3 is 2.57 bits per heavy atom. The van der Waals surface area contributed by atoms with Crippen LogP contribution < -0.4 is 0 Å². The number of carbonyl (C=O) groups is 1. The second-order valence-electron chi connectivity index (χ2n) is 4.20. The van der Waals surface area contributed by atoms with E-state index in [1.54, 1.807) is 37.3 Å². The Balaban J connectivity index is 2.49. The lowest BCUT2D eigenvalue weighted by atomic mass is 10.1. The first kappa shape index (κ1) is 15.2. The van der Waals surface area contributed by atoms with Crippen LogP contribution in [0.4, 0.5) is 0 Å². The van der Waals surface area contributed by atoms with Gasteiger partial charge in [0.05, 0.1) is 24.4 Å². The lowest BCUT2D eigenvalue weighted by molar-refractivity contribution is -0.142. The molecule has 2 N–H and O–H groups in total. The standard InChI is InChI=1S/C13H14N2O5S/c1-2-20-11(16)8-10-13(21(17,18)19)12(15-14-10)9-6-4-3-5-7-9/h3-7H,2,8H2,1H3,(H,14,15)(H,17,18,19). The summed E-state index contributed by atoms with van der Waals surface area (Å²) < 4.78 is 37.3. The summed E-state index contributed by atoms with van der Waals surface area (Å²) in [5, 5.41) is 6.36. The Labute approximate surface area is 121 Å². The van der Waals surface area contributed by atoms with Gasteiger partial charge in [0.15, 0.2) is 0 Å². The zero-order valence-electron chi connectivity index (χ0n) is 11.2. The number of hydrogen-bond donors (Lipinski definition) is 2. The summed E-state index contributed by atoms with van der Waals surface area (Å²) in [6.07, 6.45) is -0.341. The van der Waals surface area contributed by atoms with Crippen LogP contribution >= 0.6 is 0 Å². The maximum atomic E-state index is 11.6. The minimum Gasteiger partial charge on any atom is -0.466 e. The van der Waals surface area contributed by atoms with Crippen molar-refractivity contribution in [2.75, 3.05) is 6.61 Å². The normalized spacial score (nSPS) is 11.3. The SMILES string of the molecule is CCOC(=O)Cc1n[nH]c(-c2ccccc2)c1S(=O)(=O)O. The molecule has 0 atom stereocenters. The molecule has 8 heteroatoms. The van der Waals surface area contributed by atoms with Crippen molar-refractivity contribution in [3.8, 4) is 11.3 Å². The Morgan fingerprint density at radius 2 is 2.00 bits per heavy atom. The lowest BCUT2D eigenvalue weighted by Crippen LogP contribution is -2.11. The van der Waals surface area contributed by atoms with E-state index in [2.05, 4.69) is 10.2 Å². The third-order valence-electron chi connectivity index (χ3n) is 2.73. The number of rotatable bonds is 5. The van der Waals surface area contributed by atoms with Crippen molar-refractivity contribution in [3.05, 3.63) is 36.0 Å². The summed E-state index contributed by atoms with van der Waals surface area (Å²) in [5.74, 6) is -0.617. The number of nitrogens with zero attached hydrogens (tertiary/aromatic N) is 1. The van der Waals surface area contributed by atoms with Crippen LogP contribution in [0.3, 0.4) is 0 Å². The van der Waals surface area contributed by atoms with E-state index < -0.39 is 21.0 Å². The topological polar surface area (TPSA) is 109 Å². The zero-order chi connectivity index (χ0) is 15.5. The van der Waals surface area contributed by atoms with E-state index in [1.807, 2.05) is 0 Å². The first-order valence-corrected chi connectivity index (χ1v) is 7.63. The van der Waals surface area contributed by atoms with Crippen molar-refractivity contribution >= 4 is 16.1 Å². The third-order valence-corrected chi connectivity index (χ3v) is 3.69. The van der Waals surface area contributed by atoms with Gasteiger partial charge in [-0.05, 0) is 6.92 Å². The van der Waals surface area contributed by atoms with E-state index in [1.165, 1.54) is 0 Å². The highest BCUT2D eigenvalue weighted by Gasteiger charge is 2.26. The van der Waals surface area contributed by atoms with Crippen LogP contribution in [-0.2, 0) is 26.1 Å². The molecule has 0 aliphatic rings. The number of carbonyl (C=O) groups excluding carboxylic acids is 1. The summed E-state index contributed by atoms with van der Waals surface area (Å²) in [6.45, 7) is 1.82. The number of nitrogens with one attached hydrogen (secondary N) is 1. The average Bonchev–Trinajstić information content (AvgIpc) is 2.83. The number of H-pyrrole nitrogens is 1. The predicted molar refractivity (Wildman–Crippen MR) is 74.2 cm³/mol. The fourth-order valence-electron chi connectivity index (χ4n) is 1.92. The van der Waals surface area contributed by atoms with Crippen molar-refractivity contribution in [1.82, 2.24) is 10.2 Å². The maximum absolute atomic E-state index is 11.6. The molecule has 21 heavy (non-hydrogen) atoms. The Morgan fingerprint density at radius 1 is 1.33 bits per heavy atom. The highest BCUT2D eigenvalue weighted by molar-refractivity contribution is 7.86. The molecule has 1 aromatic carbocycles. The molecule has 0 aliphatic heterocycles. The molecular formula is C13H14N2O5S. The average molecular weight is 310 g/mol. The summed E-state index contributed by atoms with van der Waals surface area (Å²) in [7, 11) is -4.53. The van der Waals surface area contributed by atoms with E-state index in [-0.39, 0.29) is 24.4 Å². The van der Waals surface area contributed by atoms with Crippen molar-refractivity contribution < 1.29 is 22.5 Å². The van der Waals surface area contributed by atoms with Gasteiger partial charge < -0.3 is 4.74 Å². The molecule has 0 radical (unpaired) electrons. The molecule has 1 aromatic heterocycles. The van der Waals surface area contributed by atoms with E-state index >= 15 is 0 Å². The van der Waals surface area contributed by atoms with E-state index in [0.717, 1.165) is 0 Å². The van der Waals surface area contributed by atoms with Crippen molar-refractivity contribution in [3.63, 3.8) is 0 Å². The summed E-state index contributed by atoms with van der Waals surface area (Å²) in [6, 6.07) is 8.53. The number of ether oxygens (including phenoxy) is 1. The molecule has 0 unspecified atom stereocenters. The van der Waals surface area contributed by atoms with Gasteiger partial charge in [0.1, 0.15) is 4.90 Å². The van der Waals surface area contributed by atoms with Crippen LogP contribution in [-0.4, -0.2) is 35.7 Å². The van der Waals surface area contributed by atoms with Crippen LogP contribution in [0.25, 0.3) is 11.3 Å². The molecule has 0 bridgehead atoms. The first-order chi connectivity index (χ1) is 9.93. The Kier molecular flexibility index (Phi) is 4.39. The quantitative estimate of drug-likeness (QED) is 0.638. The molecule has 1 heterocycles. The molecule has 0 fully saturated rings. The van der Waals surface area contributed by atoms with Crippen LogP contribution in [0.15, 0.2) is 35.2 Å². The number of esters is 1. The fourth-order valence-corrected chi connectivity index (χ4v) is 2.75. The molecular weight excluding hydrogens is 296 g/mol. The fraction of sp³-hybridized carbons (Fsp3) is 0.231. The predicted octanol–water partition coefficient (Wildman–Crippen LogP) is 1.43. The summed E-state index contributed by atoms with van der Waals surface area (Å²) in [5.41, 5.74) is 0.597. The summed E-state index contributed by atoms with van der Waals surface area (Å²) >= 11 is 0. The van der Waals surface area contributed by atoms with E-state index in [9.17, 15) is 17.8 Å². The van der Waals surface area contributed by atoms with Gasteiger partial charge in [-0.15, -0.1) is 0 Å². The van der Waals surface area contributed by atoms with Gasteiger partial charge in [-0.2, -0.15) is 13.5 Å². The van der Waals surface area contributed by atoms with Crippen molar-refractivity contribution in [1.29, 1.82) is 0 Å². The smallest absolute Gasteiger partial charge is 0.311 e. The molecule has 0 saturated carbocycles. The van der Waals surface area contributed by atoms with Crippen LogP contribution in [0.1, 0.15) is 12.6 Å². The number of aromatic amines is 1. The first-order valence-electron chi connectivity index (χ1n) is 6.19. The molecule has 0 aliphatic carbocycles. The van der Waals surface area contributed by atoms with Crippen molar-refractivity contribution in [2.45, 2.75) is 18.2 Å². The highest BCUT2D eigenvalue weighted by atomic mass is 32.2. The van der Waals surface area contributed by atoms with Gasteiger partial charge in [-0.25, -0.2) is 0 Å². The van der Waals surface area contributed by atoms with E-state index in [4.69, 9.17) is 4.74 Å². The molecule has 2 aromatic rings. The lowest BCUT2D eigenvalue weighted by Gasteiger charge is -2.03. The largest absolute Gasteiger partial charge is 0.466 e. The van der Waals surface area contributed by atoms with Gasteiger partial charge in [0.2, 0.25) is 0 Å². The van der Waals surface area contributed by atoms with Gasteiger partial charge in [-0.1, -0.05) is 30.3 Å². The molecule has 0 amide bonds. The number of aromatic nitrogens is 2. The van der Waals surface area contributed by atoms with Gasteiger partial charge >= 0.3 is 5.97 Å². The molecule has 7 nitrogen and oxygen atoms in total. The van der Waals surface area contributed by atoms with E-state index in [0.29, 0.717) is 5.56 Å². The van der Waals surface area contributed by atoms with Gasteiger partial charge in [0.25, 0.3) is 10.1 Å². The Hall–Kier alpha value is -2.19. The highest BCUT2D eigenvalue weighted by Crippen LogP contribution is 2.28. The zero-order valence-corrected chi connectivity index (χ0v) is 12.1. The molecule has 112 valence electrons. The minimum atomic E-state index is -4.53. The third kappa shape index (κ3) is 3.47. The summed E-state index contributed by atoms with van der Waals surface area (Å²) in [4.78, 5) is 11.1. The van der Waals surface area contributed by atoms with Crippen LogP contribution in [0, 0.1) is 0 Å². The van der Waals surface area contributed by atoms with Crippen LogP contribution in [0.2, 0.25) is 0 Å². The maximum Gasteiger partial charge on any atom is 0.311 e.